The Bertz CT molecular complexity index is 633. The van der Waals surface area contributed by atoms with Gasteiger partial charge in [-0.05, 0) is 36.1 Å². The highest BCUT2D eigenvalue weighted by Gasteiger charge is 2.27. The highest BCUT2D eigenvalue weighted by atomic mass is 32.2. The number of ether oxygens (including phenoxy) is 1. The summed E-state index contributed by atoms with van der Waals surface area (Å²) >= 11 is 5.08. The number of alkyl halides is 3. The largest absolute Gasteiger partial charge is 0.494 e. The number of H-pyrrole nitrogens is 1. The molecule has 0 atom stereocenters. The third-order valence-corrected chi connectivity index (χ3v) is 3.61. The van der Waals surface area contributed by atoms with Crippen LogP contribution in [0.3, 0.4) is 0 Å². The predicted octanol–water partition coefficient (Wildman–Crippen LogP) is 3.96. The fraction of sp³-hybridized carbons (Fsp3) is 0.364. The van der Waals surface area contributed by atoms with Gasteiger partial charge in [0.1, 0.15) is 11.3 Å². The predicted molar refractivity (Wildman–Crippen MR) is 72.2 cm³/mol. The molecule has 104 valence electrons. The van der Waals surface area contributed by atoms with E-state index in [2.05, 4.69) is 4.98 Å². The molecule has 2 rings (SSSR count). The number of nitrogens with one attached hydrogen (secondary N) is 1. The molecule has 0 unspecified atom stereocenters. The first-order valence-corrected chi connectivity index (χ1v) is 6.78. The van der Waals surface area contributed by atoms with Crippen molar-refractivity contribution < 1.29 is 17.9 Å². The topological polar surface area (TPSA) is 29.9 Å². The molecular weight excluding hydrogens is 297 g/mol. The van der Waals surface area contributed by atoms with Crippen LogP contribution in [0.1, 0.15) is 0 Å². The van der Waals surface area contributed by atoms with Gasteiger partial charge in [-0.2, -0.15) is 13.2 Å². The summed E-state index contributed by atoms with van der Waals surface area (Å²) < 4.78 is 43.6. The van der Waals surface area contributed by atoms with Gasteiger partial charge in [0.15, 0.2) is 4.77 Å². The maximum atomic E-state index is 12.1. The summed E-state index contributed by atoms with van der Waals surface area (Å²) in [4.78, 5) is 2.96. The van der Waals surface area contributed by atoms with Crippen molar-refractivity contribution in [3.8, 4) is 5.75 Å². The first-order valence-electron chi connectivity index (χ1n) is 5.38. The number of benzene rings is 1. The summed E-state index contributed by atoms with van der Waals surface area (Å²) in [6.07, 6.45) is 0. The van der Waals surface area contributed by atoms with Crippen LogP contribution in [0.4, 0.5) is 13.2 Å². The van der Waals surface area contributed by atoms with Crippen LogP contribution in [0.15, 0.2) is 18.2 Å². The van der Waals surface area contributed by atoms with Gasteiger partial charge in [0.05, 0.1) is 12.6 Å². The fourth-order valence-corrected chi connectivity index (χ4v) is 2.60. The van der Waals surface area contributed by atoms with E-state index in [0.717, 1.165) is 5.52 Å². The number of nitrogens with zero attached hydrogens (tertiary/aromatic N) is 1. The maximum absolute atomic E-state index is 12.1. The zero-order valence-electron chi connectivity index (χ0n) is 9.95. The van der Waals surface area contributed by atoms with E-state index in [1.165, 1.54) is 7.11 Å². The van der Waals surface area contributed by atoms with E-state index in [1.807, 2.05) is 0 Å². The van der Waals surface area contributed by atoms with Crippen LogP contribution in [0.5, 0.6) is 5.75 Å². The van der Waals surface area contributed by atoms with Crippen molar-refractivity contribution >= 4 is 35.0 Å². The molecule has 19 heavy (non-hydrogen) atoms. The van der Waals surface area contributed by atoms with E-state index in [-0.39, 0.29) is 24.1 Å². The number of methoxy groups -OCH3 is 1. The third kappa shape index (κ3) is 3.24. The summed E-state index contributed by atoms with van der Waals surface area (Å²) in [6.45, 7) is 0.191. The second kappa shape index (κ2) is 5.46. The Kier molecular flexibility index (Phi) is 4.10. The normalized spacial score (nSPS) is 12.0. The number of hydrogen-bond acceptors (Lipinski definition) is 3. The monoisotopic (exact) mass is 308 g/mol. The fourth-order valence-electron chi connectivity index (χ4n) is 1.80. The maximum Gasteiger partial charge on any atom is 0.441 e. The number of rotatable bonds is 4. The number of aromatic nitrogens is 2. The average molecular weight is 308 g/mol. The van der Waals surface area contributed by atoms with E-state index in [9.17, 15) is 13.2 Å². The molecule has 1 aromatic carbocycles. The van der Waals surface area contributed by atoms with Crippen molar-refractivity contribution in [2.24, 2.45) is 0 Å². The van der Waals surface area contributed by atoms with Gasteiger partial charge in [-0.25, -0.2) is 0 Å². The van der Waals surface area contributed by atoms with E-state index >= 15 is 0 Å². The highest BCUT2D eigenvalue weighted by Crippen LogP contribution is 2.31. The quantitative estimate of drug-likeness (QED) is 0.867. The van der Waals surface area contributed by atoms with Crippen LogP contribution in [0.2, 0.25) is 0 Å². The lowest BCUT2D eigenvalue weighted by Crippen LogP contribution is -2.07. The zero-order valence-corrected chi connectivity index (χ0v) is 11.6. The number of imidazole rings is 1. The standard InChI is InChI=1S/C11H11F3N2OS2/c1-17-8-4-2-3-7-9(8)15-10(18)16(7)5-6-19-11(12,13)14/h2-4H,5-6H2,1H3,(H,15,18). The molecular formula is C11H11F3N2OS2. The molecule has 0 saturated heterocycles. The SMILES string of the molecule is COc1cccc2c1[nH]c(=S)n2CCSC(F)(F)F. The second-order valence-corrected chi connectivity index (χ2v) is 5.28. The Labute approximate surface area is 116 Å². The van der Waals surface area contributed by atoms with Gasteiger partial charge in [-0.3, -0.25) is 0 Å². The summed E-state index contributed by atoms with van der Waals surface area (Å²) in [5, 5.41) is 0. The van der Waals surface area contributed by atoms with Crippen molar-refractivity contribution in [1.29, 1.82) is 0 Å². The molecule has 8 heteroatoms. The average Bonchev–Trinajstić information content (AvgIpc) is 2.64. The second-order valence-electron chi connectivity index (χ2n) is 3.73. The minimum absolute atomic E-state index is 0.0532. The molecule has 0 aliphatic heterocycles. The molecule has 0 bridgehead atoms. The molecule has 3 nitrogen and oxygen atoms in total. The van der Waals surface area contributed by atoms with Crippen LogP contribution in [0.25, 0.3) is 11.0 Å². The van der Waals surface area contributed by atoms with Gasteiger partial charge >= 0.3 is 5.51 Å². The molecule has 2 aromatic rings. The van der Waals surface area contributed by atoms with Crippen LogP contribution in [-0.2, 0) is 6.54 Å². The number of halogens is 3. The van der Waals surface area contributed by atoms with Gasteiger partial charge < -0.3 is 14.3 Å². The smallest absolute Gasteiger partial charge is 0.441 e. The number of aryl methyl sites for hydroxylation is 1. The molecule has 0 fully saturated rings. The van der Waals surface area contributed by atoms with Crippen molar-refractivity contribution in [3.05, 3.63) is 23.0 Å². The summed E-state index contributed by atoms with van der Waals surface area (Å²) in [6, 6.07) is 5.34. The van der Waals surface area contributed by atoms with Gasteiger partial charge in [-0.15, -0.1) is 0 Å². The van der Waals surface area contributed by atoms with Crippen LogP contribution in [0, 0.1) is 4.77 Å². The third-order valence-electron chi connectivity index (χ3n) is 2.57. The van der Waals surface area contributed by atoms with E-state index in [1.54, 1.807) is 22.8 Å². The Morgan fingerprint density at radius 1 is 1.42 bits per heavy atom. The van der Waals surface area contributed by atoms with E-state index in [0.29, 0.717) is 16.0 Å². The number of aromatic amines is 1. The van der Waals surface area contributed by atoms with Gasteiger partial charge in [0, 0.05) is 12.3 Å². The van der Waals surface area contributed by atoms with E-state index in [4.69, 9.17) is 17.0 Å². The Balaban J connectivity index is 2.29. The first-order chi connectivity index (χ1) is 8.92. The van der Waals surface area contributed by atoms with Crippen molar-refractivity contribution in [2.45, 2.75) is 12.1 Å². The summed E-state index contributed by atoms with van der Waals surface area (Å²) in [5.41, 5.74) is -2.77. The number of para-hydroxylation sites is 1. The van der Waals surface area contributed by atoms with E-state index < -0.39 is 5.51 Å². The minimum atomic E-state index is -4.22. The van der Waals surface area contributed by atoms with Crippen molar-refractivity contribution in [1.82, 2.24) is 9.55 Å². The highest BCUT2D eigenvalue weighted by molar-refractivity contribution is 8.00. The minimum Gasteiger partial charge on any atom is -0.494 e. The lowest BCUT2D eigenvalue weighted by atomic mass is 10.3. The number of hydrogen-bond donors (Lipinski definition) is 1. The molecule has 1 aromatic heterocycles. The van der Waals surface area contributed by atoms with Gasteiger partial charge in [-0.1, -0.05) is 6.07 Å². The Morgan fingerprint density at radius 2 is 2.16 bits per heavy atom. The molecule has 1 N–H and O–H groups in total. The van der Waals surface area contributed by atoms with Gasteiger partial charge in [0.25, 0.3) is 0 Å². The lowest BCUT2D eigenvalue weighted by molar-refractivity contribution is -0.0328. The van der Waals surface area contributed by atoms with Crippen LogP contribution >= 0.6 is 24.0 Å². The van der Waals surface area contributed by atoms with Crippen molar-refractivity contribution in [2.75, 3.05) is 12.9 Å². The summed E-state index contributed by atoms with van der Waals surface area (Å²) in [5.74, 6) is 0.535. The molecule has 0 amide bonds. The lowest BCUT2D eigenvalue weighted by Gasteiger charge is -2.07. The first kappa shape index (κ1) is 14.3. The molecule has 0 aliphatic rings. The molecule has 0 saturated carbocycles. The molecule has 0 radical (unpaired) electrons. The Morgan fingerprint density at radius 3 is 2.79 bits per heavy atom. The molecule has 0 aliphatic carbocycles. The zero-order chi connectivity index (χ0) is 14.0. The number of thioether (sulfide) groups is 1. The van der Waals surface area contributed by atoms with Gasteiger partial charge in [0.2, 0.25) is 0 Å². The summed E-state index contributed by atoms with van der Waals surface area (Å²) in [7, 11) is 1.53. The molecule has 0 spiro atoms. The van der Waals surface area contributed by atoms with Crippen molar-refractivity contribution in [3.63, 3.8) is 0 Å². The number of fused-ring (bicyclic) bond motifs is 1. The van der Waals surface area contributed by atoms with Crippen LogP contribution in [-0.4, -0.2) is 27.9 Å². The molecule has 1 heterocycles. The van der Waals surface area contributed by atoms with Crippen LogP contribution < -0.4 is 4.74 Å². The Hall–Kier alpha value is -1.15.